The van der Waals surface area contributed by atoms with Gasteiger partial charge in [0, 0.05) is 23.4 Å². The maximum Gasteiger partial charge on any atom is 0.252 e. The van der Waals surface area contributed by atoms with Crippen LogP contribution in [0.1, 0.15) is 17.3 Å². The molecule has 8 heteroatoms. The van der Waals surface area contributed by atoms with Crippen LogP contribution in [0, 0.1) is 5.21 Å². The highest BCUT2D eigenvalue weighted by Crippen LogP contribution is 2.23. The predicted molar refractivity (Wildman–Crippen MR) is 90.0 cm³/mol. The van der Waals surface area contributed by atoms with E-state index in [-0.39, 0.29) is 5.78 Å². The van der Waals surface area contributed by atoms with E-state index in [2.05, 4.69) is 4.72 Å². The second-order valence-corrected chi connectivity index (χ2v) is 8.05. The van der Waals surface area contributed by atoms with Gasteiger partial charge in [0.25, 0.3) is 5.03 Å². The minimum absolute atomic E-state index is 0.134. The van der Waals surface area contributed by atoms with Crippen molar-refractivity contribution in [3.8, 4) is 0 Å². The fourth-order valence-corrected chi connectivity index (χ4v) is 3.38. The number of carbonyl (C=O) groups is 1. The van der Waals surface area contributed by atoms with Crippen molar-refractivity contribution in [2.75, 3.05) is 11.0 Å². The second kappa shape index (κ2) is 7.01. The van der Waals surface area contributed by atoms with Crippen LogP contribution >= 0.6 is 11.8 Å². The molecule has 1 N–H and O–H groups in total. The number of hydrogen-bond donors (Lipinski definition) is 1. The molecule has 2 aromatic rings. The second-order valence-electron chi connectivity index (χ2n) is 4.94. The summed E-state index contributed by atoms with van der Waals surface area (Å²) in [5.41, 5.74) is 0.849. The zero-order chi connectivity index (χ0) is 17.0. The molecule has 1 aromatic carbocycles. The van der Waals surface area contributed by atoms with E-state index in [1.165, 1.54) is 30.1 Å². The van der Waals surface area contributed by atoms with Crippen LogP contribution < -0.4 is 9.45 Å². The van der Waals surface area contributed by atoms with E-state index in [0.29, 0.717) is 21.0 Å². The van der Waals surface area contributed by atoms with E-state index < -0.39 is 15.3 Å². The molecule has 1 atom stereocenters. The minimum atomic E-state index is -3.35. The number of Topliss-reactive ketones (excluding diaryl/α,β-unsaturated/α-hetero) is 1. The van der Waals surface area contributed by atoms with Gasteiger partial charge in [0.2, 0.25) is 10.0 Å². The third kappa shape index (κ3) is 4.97. The lowest BCUT2D eigenvalue weighted by Crippen LogP contribution is -2.29. The smallest absolute Gasteiger partial charge is 0.252 e. The average molecular weight is 352 g/mol. The number of nitrogens with one attached hydrogen (secondary N) is 1. The van der Waals surface area contributed by atoms with Gasteiger partial charge in [0.05, 0.1) is 11.5 Å². The van der Waals surface area contributed by atoms with Gasteiger partial charge < -0.3 is 5.21 Å². The molecule has 0 radical (unpaired) electrons. The molecule has 0 amide bonds. The van der Waals surface area contributed by atoms with Crippen molar-refractivity contribution in [2.24, 2.45) is 0 Å². The Balaban J connectivity index is 2.09. The molecule has 0 saturated carbocycles. The maximum atomic E-state index is 12.4. The summed E-state index contributed by atoms with van der Waals surface area (Å²) in [5, 5.41) is 11.6. The quantitative estimate of drug-likeness (QED) is 0.372. The van der Waals surface area contributed by atoms with Crippen LogP contribution in [-0.4, -0.2) is 25.7 Å². The van der Waals surface area contributed by atoms with Crippen molar-refractivity contribution >= 4 is 33.3 Å². The number of pyridine rings is 1. The van der Waals surface area contributed by atoms with Crippen LogP contribution in [0.5, 0.6) is 0 Å². The monoisotopic (exact) mass is 352 g/mol. The number of sulfonamides is 1. The van der Waals surface area contributed by atoms with Crippen LogP contribution in [0.3, 0.4) is 0 Å². The Hall–Kier alpha value is -2.06. The third-order valence-electron chi connectivity index (χ3n) is 2.93. The number of hydrogen-bond acceptors (Lipinski definition) is 5. The molecule has 0 aliphatic heterocycles. The summed E-state index contributed by atoms with van der Waals surface area (Å²) in [6.07, 6.45) is 2.44. The number of carbonyl (C=O) groups excluding carboxylic acids is 1. The molecule has 1 unspecified atom stereocenters. The number of rotatable bonds is 6. The zero-order valence-corrected chi connectivity index (χ0v) is 14.2. The van der Waals surface area contributed by atoms with Crippen LogP contribution in [0.25, 0.3) is 0 Å². The number of anilines is 1. The van der Waals surface area contributed by atoms with Crippen molar-refractivity contribution in [3.05, 3.63) is 59.4 Å². The van der Waals surface area contributed by atoms with Crippen LogP contribution in [0.4, 0.5) is 5.69 Å². The molecule has 2 rings (SSSR count). The van der Waals surface area contributed by atoms with Crippen LogP contribution in [0.2, 0.25) is 0 Å². The Morgan fingerprint density at radius 1 is 1.22 bits per heavy atom. The van der Waals surface area contributed by atoms with E-state index in [1.54, 1.807) is 37.3 Å². The SMILES string of the molecule is CC(Sc1cccc[n+]1[O-])C(=O)c1ccc(NS(C)(=O)=O)cc1. The van der Waals surface area contributed by atoms with Crippen molar-refractivity contribution < 1.29 is 17.9 Å². The molecule has 1 aromatic heterocycles. The van der Waals surface area contributed by atoms with Gasteiger partial charge in [-0.05, 0) is 49.0 Å². The summed E-state index contributed by atoms with van der Waals surface area (Å²) < 4.78 is 25.3. The average Bonchev–Trinajstić information content (AvgIpc) is 2.48. The highest BCUT2D eigenvalue weighted by Gasteiger charge is 2.20. The summed E-state index contributed by atoms with van der Waals surface area (Å²) in [4.78, 5) is 12.4. The first-order valence-corrected chi connectivity index (χ1v) is 9.50. The van der Waals surface area contributed by atoms with E-state index in [1.807, 2.05) is 0 Å². The summed E-state index contributed by atoms with van der Waals surface area (Å²) in [6.45, 7) is 1.72. The number of thioether (sulfide) groups is 1. The lowest BCUT2D eigenvalue weighted by Gasteiger charge is -2.10. The van der Waals surface area contributed by atoms with Gasteiger partial charge in [0.1, 0.15) is 0 Å². The standard InChI is InChI=1S/C15H16N2O4S2/c1-11(22-14-5-3-4-10-17(14)19)15(18)12-6-8-13(9-7-12)16-23(2,20)21/h3-11,16H,1-2H3. The summed E-state index contributed by atoms with van der Waals surface area (Å²) >= 11 is 1.18. The third-order valence-corrected chi connectivity index (χ3v) is 4.66. The minimum Gasteiger partial charge on any atom is -0.618 e. The molecule has 23 heavy (non-hydrogen) atoms. The largest absolute Gasteiger partial charge is 0.618 e. The predicted octanol–water partition coefficient (Wildman–Crippen LogP) is 2.05. The molecule has 0 bridgehead atoms. The van der Waals surface area contributed by atoms with Crippen molar-refractivity contribution in [1.29, 1.82) is 0 Å². The van der Waals surface area contributed by atoms with E-state index in [9.17, 15) is 18.4 Å². The van der Waals surface area contributed by atoms with E-state index >= 15 is 0 Å². The molecule has 0 aliphatic rings. The van der Waals surface area contributed by atoms with Gasteiger partial charge in [-0.3, -0.25) is 9.52 Å². The molecular formula is C15H16N2O4S2. The van der Waals surface area contributed by atoms with Crippen molar-refractivity contribution in [2.45, 2.75) is 17.2 Å². The molecular weight excluding hydrogens is 336 g/mol. The van der Waals surface area contributed by atoms with Crippen molar-refractivity contribution in [1.82, 2.24) is 0 Å². The number of aromatic nitrogens is 1. The molecule has 6 nitrogen and oxygen atoms in total. The van der Waals surface area contributed by atoms with Gasteiger partial charge in [-0.15, -0.1) is 0 Å². The Morgan fingerprint density at radius 2 is 1.87 bits per heavy atom. The topological polar surface area (TPSA) is 90.2 Å². The number of ketones is 1. The first-order chi connectivity index (χ1) is 10.8. The fraction of sp³-hybridized carbons (Fsp3) is 0.200. The first kappa shape index (κ1) is 17.3. The molecule has 0 aliphatic carbocycles. The molecule has 0 spiro atoms. The Bertz CT molecular complexity index is 804. The highest BCUT2D eigenvalue weighted by atomic mass is 32.2. The Morgan fingerprint density at radius 3 is 2.43 bits per heavy atom. The maximum absolute atomic E-state index is 12.4. The molecule has 1 heterocycles. The fourth-order valence-electron chi connectivity index (χ4n) is 1.89. The van der Waals surface area contributed by atoms with Crippen LogP contribution in [0.15, 0.2) is 53.7 Å². The van der Waals surface area contributed by atoms with Crippen molar-refractivity contribution in [3.63, 3.8) is 0 Å². The Kier molecular flexibility index (Phi) is 5.27. The van der Waals surface area contributed by atoms with Gasteiger partial charge in [-0.1, -0.05) is 0 Å². The lowest BCUT2D eigenvalue weighted by molar-refractivity contribution is -0.645. The summed E-state index contributed by atoms with van der Waals surface area (Å²) in [5.74, 6) is -0.134. The molecule has 0 fully saturated rings. The molecule has 0 saturated heterocycles. The highest BCUT2D eigenvalue weighted by molar-refractivity contribution is 8.00. The lowest BCUT2D eigenvalue weighted by atomic mass is 10.1. The first-order valence-electron chi connectivity index (χ1n) is 6.73. The van der Waals surface area contributed by atoms with Crippen LogP contribution in [-0.2, 0) is 10.0 Å². The summed E-state index contributed by atoms with van der Waals surface area (Å²) in [6, 6.07) is 11.2. The van der Waals surface area contributed by atoms with Gasteiger partial charge in [-0.2, -0.15) is 4.73 Å². The normalized spacial score (nSPS) is 12.6. The van der Waals surface area contributed by atoms with Gasteiger partial charge in [-0.25, -0.2) is 8.42 Å². The summed E-state index contributed by atoms with van der Waals surface area (Å²) in [7, 11) is -3.35. The Labute approximate surface area is 139 Å². The van der Waals surface area contributed by atoms with E-state index in [4.69, 9.17) is 0 Å². The molecule has 122 valence electrons. The zero-order valence-electron chi connectivity index (χ0n) is 12.6. The van der Waals surface area contributed by atoms with Gasteiger partial charge in [0.15, 0.2) is 12.0 Å². The van der Waals surface area contributed by atoms with E-state index in [0.717, 1.165) is 6.26 Å². The number of nitrogens with zero attached hydrogens (tertiary/aromatic N) is 1. The number of benzene rings is 1. The van der Waals surface area contributed by atoms with Gasteiger partial charge >= 0.3 is 0 Å².